The summed E-state index contributed by atoms with van der Waals surface area (Å²) in [6.45, 7) is 6.25. The largest absolute Gasteiger partial charge is 0.268 e. The Morgan fingerprint density at radius 1 is 1.26 bits per heavy atom. The average Bonchev–Trinajstić information content (AvgIpc) is 2.86. The number of para-hydroxylation sites is 1. The Labute approximate surface area is 139 Å². The van der Waals surface area contributed by atoms with E-state index in [1.54, 1.807) is 15.9 Å². The van der Waals surface area contributed by atoms with Gasteiger partial charge in [-0.15, -0.1) is 11.3 Å². The zero-order valence-corrected chi connectivity index (χ0v) is 14.5. The number of thiophene rings is 1. The van der Waals surface area contributed by atoms with Crippen LogP contribution >= 0.6 is 11.3 Å². The van der Waals surface area contributed by atoms with E-state index in [0.717, 1.165) is 46.6 Å². The molecule has 0 fully saturated rings. The first-order valence-corrected chi connectivity index (χ1v) is 8.98. The van der Waals surface area contributed by atoms with Crippen LogP contribution in [0.2, 0.25) is 0 Å². The lowest BCUT2D eigenvalue weighted by Crippen LogP contribution is -2.23. The first-order valence-electron chi connectivity index (χ1n) is 8.16. The molecule has 0 saturated carbocycles. The Morgan fingerprint density at radius 3 is 2.83 bits per heavy atom. The van der Waals surface area contributed by atoms with Gasteiger partial charge in [-0.2, -0.15) is 0 Å². The molecule has 23 heavy (non-hydrogen) atoms. The third kappa shape index (κ3) is 2.24. The molecule has 0 saturated heterocycles. The smallest absolute Gasteiger partial charge is 0.267 e. The molecule has 3 nitrogen and oxygen atoms in total. The van der Waals surface area contributed by atoms with Gasteiger partial charge < -0.3 is 0 Å². The van der Waals surface area contributed by atoms with Gasteiger partial charge in [0.25, 0.3) is 5.56 Å². The number of fused-ring (bicyclic) bond motifs is 3. The van der Waals surface area contributed by atoms with Crippen molar-refractivity contribution in [1.82, 2.24) is 9.55 Å². The fourth-order valence-electron chi connectivity index (χ4n) is 3.59. The number of aromatic nitrogens is 2. The molecule has 2 heterocycles. The molecule has 3 aromatic rings. The monoisotopic (exact) mass is 324 g/mol. The highest BCUT2D eigenvalue weighted by Gasteiger charge is 2.24. The number of aryl methyl sites for hydroxylation is 3. The molecule has 1 atom stereocenters. The van der Waals surface area contributed by atoms with E-state index in [9.17, 15) is 4.79 Å². The minimum Gasteiger partial charge on any atom is -0.268 e. The summed E-state index contributed by atoms with van der Waals surface area (Å²) in [6.07, 6.45) is 3.25. The zero-order chi connectivity index (χ0) is 16.1. The van der Waals surface area contributed by atoms with Gasteiger partial charge in [-0.3, -0.25) is 9.36 Å². The summed E-state index contributed by atoms with van der Waals surface area (Å²) in [6, 6.07) is 8.01. The summed E-state index contributed by atoms with van der Waals surface area (Å²) in [7, 11) is 0. The molecule has 1 aliphatic carbocycles. The molecule has 0 radical (unpaired) electrons. The van der Waals surface area contributed by atoms with Crippen molar-refractivity contribution in [3.8, 4) is 5.69 Å². The quantitative estimate of drug-likeness (QED) is 0.673. The molecule has 0 N–H and O–H groups in total. The molecular formula is C19H20N2OS. The van der Waals surface area contributed by atoms with Crippen LogP contribution in [0.4, 0.5) is 0 Å². The van der Waals surface area contributed by atoms with E-state index >= 15 is 0 Å². The van der Waals surface area contributed by atoms with Crippen molar-refractivity contribution in [3.63, 3.8) is 0 Å². The van der Waals surface area contributed by atoms with Crippen molar-refractivity contribution in [2.75, 3.05) is 0 Å². The lowest BCUT2D eigenvalue weighted by molar-refractivity contribution is 0.509. The summed E-state index contributed by atoms with van der Waals surface area (Å²) in [5.74, 6) is 1.47. The lowest BCUT2D eigenvalue weighted by atomic mass is 9.89. The van der Waals surface area contributed by atoms with Gasteiger partial charge in [0, 0.05) is 4.88 Å². The van der Waals surface area contributed by atoms with Crippen molar-refractivity contribution in [1.29, 1.82) is 0 Å². The van der Waals surface area contributed by atoms with Crippen LogP contribution in [0.15, 0.2) is 29.1 Å². The van der Waals surface area contributed by atoms with E-state index in [-0.39, 0.29) is 5.56 Å². The van der Waals surface area contributed by atoms with E-state index in [4.69, 9.17) is 4.98 Å². The summed E-state index contributed by atoms with van der Waals surface area (Å²) in [5.41, 5.74) is 3.38. The zero-order valence-electron chi connectivity index (χ0n) is 13.7. The van der Waals surface area contributed by atoms with Crippen LogP contribution in [0, 0.1) is 19.8 Å². The van der Waals surface area contributed by atoms with Gasteiger partial charge in [-0.25, -0.2) is 4.98 Å². The van der Waals surface area contributed by atoms with E-state index in [0.29, 0.717) is 5.92 Å². The van der Waals surface area contributed by atoms with Crippen LogP contribution < -0.4 is 5.56 Å². The Bertz CT molecular complexity index is 967. The third-order valence-electron chi connectivity index (χ3n) is 4.85. The summed E-state index contributed by atoms with van der Waals surface area (Å²) < 4.78 is 1.78. The fourth-order valence-corrected chi connectivity index (χ4v) is 5.01. The van der Waals surface area contributed by atoms with E-state index in [2.05, 4.69) is 6.92 Å². The van der Waals surface area contributed by atoms with Crippen LogP contribution in [0.5, 0.6) is 0 Å². The summed E-state index contributed by atoms with van der Waals surface area (Å²) in [5, 5.41) is 0.853. The number of benzene rings is 1. The molecule has 2 aromatic heterocycles. The Balaban J connectivity index is 2.04. The van der Waals surface area contributed by atoms with Gasteiger partial charge in [0.05, 0.1) is 11.1 Å². The third-order valence-corrected chi connectivity index (χ3v) is 6.00. The SMILES string of the molecule is Cc1ccccc1-n1c(C)nc2sc3c(c2c1=O)CC[C@H](C)C3. The van der Waals surface area contributed by atoms with Crippen LogP contribution in [0.1, 0.15) is 35.2 Å². The maximum Gasteiger partial charge on any atom is 0.267 e. The molecule has 118 valence electrons. The van der Waals surface area contributed by atoms with Gasteiger partial charge >= 0.3 is 0 Å². The number of hydrogen-bond donors (Lipinski definition) is 0. The topological polar surface area (TPSA) is 34.9 Å². The maximum absolute atomic E-state index is 13.2. The van der Waals surface area contributed by atoms with E-state index < -0.39 is 0 Å². The van der Waals surface area contributed by atoms with E-state index in [1.165, 1.54) is 10.4 Å². The molecule has 1 aliphatic rings. The van der Waals surface area contributed by atoms with Gasteiger partial charge in [0.15, 0.2) is 0 Å². The number of rotatable bonds is 1. The predicted octanol–water partition coefficient (Wildman–Crippen LogP) is 4.19. The number of hydrogen-bond acceptors (Lipinski definition) is 3. The fraction of sp³-hybridized carbons (Fsp3) is 0.368. The minimum absolute atomic E-state index is 0.0915. The van der Waals surface area contributed by atoms with Crippen molar-refractivity contribution >= 4 is 21.6 Å². The molecule has 1 aromatic carbocycles. The van der Waals surface area contributed by atoms with Gasteiger partial charge in [-0.05, 0) is 56.2 Å². The predicted molar refractivity (Wildman–Crippen MR) is 95.9 cm³/mol. The van der Waals surface area contributed by atoms with Gasteiger partial charge in [0.2, 0.25) is 0 Å². The highest BCUT2D eigenvalue weighted by Crippen LogP contribution is 2.36. The molecule has 0 unspecified atom stereocenters. The average molecular weight is 324 g/mol. The maximum atomic E-state index is 13.2. The summed E-state index contributed by atoms with van der Waals surface area (Å²) >= 11 is 1.72. The van der Waals surface area contributed by atoms with Crippen LogP contribution in [0.3, 0.4) is 0 Å². The Kier molecular flexibility index (Phi) is 3.38. The van der Waals surface area contributed by atoms with Crippen LogP contribution in [-0.4, -0.2) is 9.55 Å². The second kappa shape index (κ2) is 5.31. The lowest BCUT2D eigenvalue weighted by Gasteiger charge is -2.18. The molecular weight excluding hydrogens is 304 g/mol. The molecule has 0 bridgehead atoms. The first kappa shape index (κ1) is 14.6. The molecule has 0 aliphatic heterocycles. The van der Waals surface area contributed by atoms with Crippen LogP contribution in [-0.2, 0) is 12.8 Å². The molecule has 0 spiro atoms. The second-order valence-corrected chi connectivity index (χ2v) is 7.70. The standard InChI is InChI=1S/C19H20N2OS/c1-11-8-9-14-16(10-11)23-18-17(14)19(22)21(13(3)20-18)15-7-5-4-6-12(15)2/h4-7,11H,8-10H2,1-3H3/t11-/m0/s1. The second-order valence-electron chi connectivity index (χ2n) is 6.62. The van der Waals surface area contributed by atoms with E-state index in [1.807, 2.05) is 38.1 Å². The van der Waals surface area contributed by atoms with Crippen molar-refractivity contribution in [2.45, 2.75) is 40.0 Å². The molecule has 4 rings (SSSR count). The normalized spacial score (nSPS) is 17.4. The highest BCUT2D eigenvalue weighted by molar-refractivity contribution is 7.18. The van der Waals surface area contributed by atoms with Gasteiger partial charge in [-0.1, -0.05) is 25.1 Å². The first-order chi connectivity index (χ1) is 11.1. The summed E-state index contributed by atoms with van der Waals surface area (Å²) in [4.78, 5) is 20.3. The van der Waals surface area contributed by atoms with Crippen molar-refractivity contribution < 1.29 is 0 Å². The molecule has 4 heteroatoms. The molecule has 0 amide bonds. The Hall–Kier alpha value is -1.94. The van der Waals surface area contributed by atoms with Gasteiger partial charge in [0.1, 0.15) is 10.7 Å². The number of nitrogens with zero attached hydrogens (tertiary/aromatic N) is 2. The van der Waals surface area contributed by atoms with Crippen molar-refractivity contribution in [2.24, 2.45) is 5.92 Å². The minimum atomic E-state index is 0.0915. The highest BCUT2D eigenvalue weighted by atomic mass is 32.1. The Morgan fingerprint density at radius 2 is 2.04 bits per heavy atom. The van der Waals surface area contributed by atoms with Crippen molar-refractivity contribution in [3.05, 3.63) is 56.4 Å². The van der Waals surface area contributed by atoms with Crippen LogP contribution in [0.25, 0.3) is 15.9 Å².